The number of carboxylic acids is 1. The Morgan fingerprint density at radius 2 is 2.11 bits per heavy atom. The summed E-state index contributed by atoms with van der Waals surface area (Å²) in [6.45, 7) is -0.316. The zero-order valence-electron chi connectivity index (χ0n) is 9.83. The number of amides is 1. The van der Waals surface area contributed by atoms with E-state index in [0.717, 1.165) is 10.9 Å². The molecule has 0 fully saturated rings. The van der Waals surface area contributed by atoms with E-state index in [1.807, 2.05) is 6.07 Å². The molecule has 1 aromatic heterocycles. The van der Waals surface area contributed by atoms with Crippen LogP contribution in [0.4, 0.5) is 0 Å². The standard InChI is InChI=1S/C13H12N2O3/c1-15(8-12(16)17)13(18)10-4-5-11-9(7-10)3-2-6-14-11/h2-7H,8H2,1H3,(H,16,17). The third kappa shape index (κ3) is 2.45. The van der Waals surface area contributed by atoms with Gasteiger partial charge in [0, 0.05) is 24.2 Å². The monoisotopic (exact) mass is 244 g/mol. The molecule has 1 heterocycles. The van der Waals surface area contributed by atoms with Crippen molar-refractivity contribution in [3.8, 4) is 0 Å². The molecule has 1 amide bonds. The van der Waals surface area contributed by atoms with Crippen LogP contribution in [0.3, 0.4) is 0 Å². The van der Waals surface area contributed by atoms with E-state index >= 15 is 0 Å². The largest absolute Gasteiger partial charge is 0.480 e. The normalized spacial score (nSPS) is 10.3. The lowest BCUT2D eigenvalue weighted by Gasteiger charge is -2.14. The lowest BCUT2D eigenvalue weighted by molar-refractivity contribution is -0.137. The van der Waals surface area contributed by atoms with Crippen LogP contribution in [0.15, 0.2) is 36.5 Å². The number of carbonyl (C=O) groups excluding carboxylic acids is 1. The fourth-order valence-corrected chi connectivity index (χ4v) is 1.70. The summed E-state index contributed by atoms with van der Waals surface area (Å²) in [5.74, 6) is -1.35. The van der Waals surface area contributed by atoms with Crippen LogP contribution in [0, 0.1) is 0 Å². The first kappa shape index (κ1) is 12.0. The molecular weight excluding hydrogens is 232 g/mol. The zero-order chi connectivity index (χ0) is 13.1. The third-order valence-corrected chi connectivity index (χ3v) is 2.57. The molecule has 0 spiro atoms. The molecule has 0 aliphatic carbocycles. The van der Waals surface area contributed by atoms with E-state index in [2.05, 4.69) is 4.98 Å². The average molecular weight is 244 g/mol. The van der Waals surface area contributed by atoms with Crippen LogP contribution in [-0.4, -0.2) is 40.5 Å². The molecule has 5 nitrogen and oxygen atoms in total. The summed E-state index contributed by atoms with van der Waals surface area (Å²) >= 11 is 0. The second-order valence-electron chi connectivity index (χ2n) is 3.97. The van der Waals surface area contributed by atoms with Gasteiger partial charge in [-0.2, -0.15) is 0 Å². The van der Waals surface area contributed by atoms with Crippen molar-refractivity contribution in [1.82, 2.24) is 9.88 Å². The smallest absolute Gasteiger partial charge is 0.323 e. The Hall–Kier alpha value is -2.43. The lowest BCUT2D eigenvalue weighted by atomic mass is 10.1. The van der Waals surface area contributed by atoms with E-state index in [1.165, 1.54) is 11.9 Å². The van der Waals surface area contributed by atoms with Gasteiger partial charge in [-0.1, -0.05) is 6.07 Å². The van der Waals surface area contributed by atoms with Gasteiger partial charge in [-0.05, 0) is 24.3 Å². The molecule has 0 bridgehead atoms. The highest BCUT2D eigenvalue weighted by Crippen LogP contribution is 2.14. The number of rotatable bonds is 3. The summed E-state index contributed by atoms with van der Waals surface area (Å²) in [6, 6.07) is 8.75. The first-order valence-electron chi connectivity index (χ1n) is 5.40. The fourth-order valence-electron chi connectivity index (χ4n) is 1.70. The van der Waals surface area contributed by atoms with Gasteiger partial charge in [-0.3, -0.25) is 14.6 Å². The van der Waals surface area contributed by atoms with E-state index < -0.39 is 5.97 Å². The number of aliphatic carboxylic acids is 1. The molecule has 1 aromatic carbocycles. The number of hydrogen-bond donors (Lipinski definition) is 1. The van der Waals surface area contributed by atoms with Crippen molar-refractivity contribution in [3.05, 3.63) is 42.1 Å². The van der Waals surface area contributed by atoms with E-state index in [1.54, 1.807) is 30.5 Å². The Morgan fingerprint density at radius 3 is 2.83 bits per heavy atom. The Kier molecular flexibility index (Phi) is 3.23. The predicted octanol–water partition coefficient (Wildman–Crippen LogP) is 1.39. The lowest BCUT2D eigenvalue weighted by Crippen LogP contribution is -2.31. The summed E-state index contributed by atoms with van der Waals surface area (Å²) in [4.78, 5) is 27.8. The number of likely N-dealkylation sites (N-methyl/N-ethyl adjacent to an activating group) is 1. The minimum Gasteiger partial charge on any atom is -0.480 e. The first-order chi connectivity index (χ1) is 8.58. The highest BCUT2D eigenvalue weighted by Gasteiger charge is 2.14. The molecule has 0 atom stereocenters. The van der Waals surface area contributed by atoms with Crippen molar-refractivity contribution in [2.45, 2.75) is 0 Å². The van der Waals surface area contributed by atoms with Gasteiger partial charge in [0.1, 0.15) is 6.54 Å². The molecule has 0 aliphatic heterocycles. The van der Waals surface area contributed by atoms with Crippen LogP contribution in [0.5, 0.6) is 0 Å². The summed E-state index contributed by atoms with van der Waals surface area (Å²) in [5, 5.41) is 9.50. The van der Waals surface area contributed by atoms with Crippen LogP contribution in [0.2, 0.25) is 0 Å². The number of aromatic nitrogens is 1. The second kappa shape index (κ2) is 4.83. The zero-order valence-corrected chi connectivity index (χ0v) is 9.83. The van der Waals surface area contributed by atoms with Gasteiger partial charge in [0.05, 0.1) is 5.52 Å². The van der Waals surface area contributed by atoms with E-state index in [-0.39, 0.29) is 12.5 Å². The molecule has 0 saturated carbocycles. The van der Waals surface area contributed by atoms with E-state index in [4.69, 9.17) is 5.11 Å². The summed E-state index contributed by atoms with van der Waals surface area (Å²) < 4.78 is 0. The topological polar surface area (TPSA) is 70.5 Å². The number of carbonyl (C=O) groups is 2. The molecule has 2 rings (SSSR count). The van der Waals surface area contributed by atoms with Crippen LogP contribution < -0.4 is 0 Å². The first-order valence-corrected chi connectivity index (χ1v) is 5.40. The van der Waals surface area contributed by atoms with Gasteiger partial charge in [-0.15, -0.1) is 0 Å². The Labute approximate surface area is 104 Å². The molecule has 0 unspecified atom stereocenters. The van der Waals surface area contributed by atoms with Crippen molar-refractivity contribution in [1.29, 1.82) is 0 Å². The van der Waals surface area contributed by atoms with Crippen LogP contribution in [0.1, 0.15) is 10.4 Å². The molecule has 0 aliphatic rings. The fraction of sp³-hybridized carbons (Fsp3) is 0.154. The molecule has 1 N–H and O–H groups in total. The van der Waals surface area contributed by atoms with Crippen LogP contribution in [-0.2, 0) is 4.79 Å². The minimum absolute atomic E-state index is 0.316. The maximum atomic E-state index is 12.0. The quantitative estimate of drug-likeness (QED) is 0.885. The van der Waals surface area contributed by atoms with Gasteiger partial charge in [0.15, 0.2) is 0 Å². The Bertz CT molecular complexity index is 610. The third-order valence-electron chi connectivity index (χ3n) is 2.57. The van der Waals surface area contributed by atoms with Gasteiger partial charge >= 0.3 is 5.97 Å². The van der Waals surface area contributed by atoms with Crippen molar-refractivity contribution in [2.24, 2.45) is 0 Å². The number of carboxylic acid groups (broad SMARTS) is 1. The SMILES string of the molecule is CN(CC(=O)O)C(=O)c1ccc2ncccc2c1. The van der Waals surface area contributed by atoms with Gasteiger partial charge in [-0.25, -0.2) is 0 Å². The molecular formula is C13H12N2O3. The maximum absolute atomic E-state index is 12.0. The van der Waals surface area contributed by atoms with Gasteiger partial charge in [0.2, 0.25) is 0 Å². The molecule has 92 valence electrons. The van der Waals surface area contributed by atoms with Crippen LogP contribution >= 0.6 is 0 Å². The minimum atomic E-state index is -1.03. The van der Waals surface area contributed by atoms with E-state index in [9.17, 15) is 9.59 Å². The molecule has 2 aromatic rings. The Balaban J connectivity index is 2.30. The summed E-state index contributed by atoms with van der Waals surface area (Å²) in [6.07, 6.45) is 1.68. The number of fused-ring (bicyclic) bond motifs is 1. The second-order valence-corrected chi connectivity index (χ2v) is 3.97. The number of benzene rings is 1. The number of pyridine rings is 1. The van der Waals surface area contributed by atoms with E-state index in [0.29, 0.717) is 5.56 Å². The average Bonchev–Trinajstić information content (AvgIpc) is 2.36. The van der Waals surface area contributed by atoms with Crippen molar-refractivity contribution in [3.63, 3.8) is 0 Å². The summed E-state index contributed by atoms with van der Waals surface area (Å²) in [7, 11) is 1.46. The number of nitrogens with zero attached hydrogens (tertiary/aromatic N) is 2. The Morgan fingerprint density at radius 1 is 1.33 bits per heavy atom. The predicted molar refractivity (Wildman–Crippen MR) is 66.3 cm³/mol. The number of hydrogen-bond acceptors (Lipinski definition) is 3. The summed E-state index contributed by atoms with van der Waals surface area (Å²) in [5.41, 5.74) is 1.26. The molecule has 0 saturated heterocycles. The van der Waals surface area contributed by atoms with Crippen molar-refractivity contribution in [2.75, 3.05) is 13.6 Å². The van der Waals surface area contributed by atoms with Gasteiger partial charge < -0.3 is 10.0 Å². The van der Waals surface area contributed by atoms with Gasteiger partial charge in [0.25, 0.3) is 5.91 Å². The maximum Gasteiger partial charge on any atom is 0.323 e. The molecule has 5 heteroatoms. The molecule has 18 heavy (non-hydrogen) atoms. The van der Waals surface area contributed by atoms with Crippen LogP contribution in [0.25, 0.3) is 10.9 Å². The molecule has 0 radical (unpaired) electrons. The van der Waals surface area contributed by atoms with Crippen molar-refractivity contribution >= 4 is 22.8 Å². The van der Waals surface area contributed by atoms with Crippen molar-refractivity contribution < 1.29 is 14.7 Å². The highest BCUT2D eigenvalue weighted by atomic mass is 16.4. The highest BCUT2D eigenvalue weighted by molar-refractivity contribution is 5.98.